The van der Waals surface area contributed by atoms with E-state index in [1.165, 1.54) is 13.1 Å². The minimum atomic E-state index is 0.796. The molecule has 8 heavy (non-hydrogen) atoms. The van der Waals surface area contributed by atoms with Crippen LogP contribution < -0.4 is 11.3 Å². The molecule has 0 saturated carbocycles. The average molecular weight is 115 g/mol. The Labute approximate surface area is 49.8 Å². The highest BCUT2D eigenvalue weighted by Gasteiger charge is 2.21. The van der Waals surface area contributed by atoms with Crippen LogP contribution in [0.5, 0.6) is 0 Å². The first-order valence-electron chi connectivity index (χ1n) is 2.95. The SMILES string of the molecule is CN1CC(CNN)C1. The van der Waals surface area contributed by atoms with Gasteiger partial charge in [0, 0.05) is 19.6 Å². The zero-order chi connectivity index (χ0) is 5.98. The normalized spacial score (nSPS) is 23.2. The fraction of sp³-hybridized carbons (Fsp3) is 1.00. The van der Waals surface area contributed by atoms with E-state index in [2.05, 4.69) is 17.4 Å². The standard InChI is InChI=1S/C5H13N3/c1-8-3-5(4-8)2-7-6/h5,7H,2-4,6H2,1H3. The molecule has 0 unspecified atom stereocenters. The molecule has 48 valence electrons. The molecule has 0 aromatic heterocycles. The predicted octanol–water partition coefficient (Wildman–Crippen LogP) is -0.989. The summed E-state index contributed by atoms with van der Waals surface area (Å²) in [5.74, 6) is 5.91. The summed E-state index contributed by atoms with van der Waals surface area (Å²) in [6.45, 7) is 3.36. The number of nitrogens with zero attached hydrogens (tertiary/aromatic N) is 1. The maximum Gasteiger partial charge on any atom is 0.0150 e. The van der Waals surface area contributed by atoms with E-state index < -0.39 is 0 Å². The lowest BCUT2D eigenvalue weighted by atomic mass is 10.0. The third-order valence-corrected chi connectivity index (χ3v) is 1.55. The Morgan fingerprint density at radius 2 is 2.38 bits per heavy atom. The van der Waals surface area contributed by atoms with Crippen LogP contribution in [0.25, 0.3) is 0 Å². The lowest BCUT2D eigenvalue weighted by molar-refractivity contribution is 0.133. The van der Waals surface area contributed by atoms with E-state index in [0.717, 1.165) is 12.5 Å². The Morgan fingerprint density at radius 3 is 2.75 bits per heavy atom. The zero-order valence-corrected chi connectivity index (χ0v) is 5.22. The smallest absolute Gasteiger partial charge is 0.0150 e. The summed E-state index contributed by atoms with van der Waals surface area (Å²) in [6.07, 6.45) is 0. The summed E-state index contributed by atoms with van der Waals surface area (Å²) in [5, 5.41) is 0. The molecule has 3 heteroatoms. The fourth-order valence-corrected chi connectivity index (χ4v) is 1.12. The van der Waals surface area contributed by atoms with Gasteiger partial charge in [0.25, 0.3) is 0 Å². The van der Waals surface area contributed by atoms with Crippen molar-refractivity contribution in [1.29, 1.82) is 0 Å². The molecule has 0 aromatic rings. The summed E-state index contributed by atoms with van der Waals surface area (Å²) in [6, 6.07) is 0. The first kappa shape index (κ1) is 6.01. The van der Waals surface area contributed by atoms with Crippen LogP contribution in [-0.2, 0) is 0 Å². The summed E-state index contributed by atoms with van der Waals surface area (Å²) >= 11 is 0. The quantitative estimate of drug-likeness (QED) is 0.359. The molecule has 0 bridgehead atoms. The maximum atomic E-state index is 5.12. The number of nitrogens with two attached hydrogens (primary N) is 1. The van der Waals surface area contributed by atoms with Gasteiger partial charge in [-0.15, -0.1) is 0 Å². The molecule has 1 aliphatic heterocycles. The molecule has 1 saturated heterocycles. The highest BCUT2D eigenvalue weighted by atomic mass is 15.2. The maximum absolute atomic E-state index is 5.12. The van der Waals surface area contributed by atoms with Crippen LogP contribution >= 0.6 is 0 Å². The molecule has 0 aliphatic carbocycles. The van der Waals surface area contributed by atoms with Crippen LogP contribution in [0, 0.1) is 5.92 Å². The molecular formula is C5H13N3. The van der Waals surface area contributed by atoms with Gasteiger partial charge in [0.2, 0.25) is 0 Å². The van der Waals surface area contributed by atoms with Crippen LogP contribution in [0.2, 0.25) is 0 Å². The topological polar surface area (TPSA) is 41.3 Å². The molecule has 0 atom stereocenters. The van der Waals surface area contributed by atoms with Gasteiger partial charge in [0.15, 0.2) is 0 Å². The van der Waals surface area contributed by atoms with E-state index in [1.807, 2.05) is 0 Å². The van der Waals surface area contributed by atoms with Crippen molar-refractivity contribution < 1.29 is 0 Å². The van der Waals surface area contributed by atoms with Gasteiger partial charge in [-0.2, -0.15) is 0 Å². The molecule has 0 amide bonds. The van der Waals surface area contributed by atoms with Gasteiger partial charge in [-0.25, -0.2) is 0 Å². The van der Waals surface area contributed by atoms with E-state index in [1.54, 1.807) is 0 Å². The monoisotopic (exact) mass is 115 g/mol. The van der Waals surface area contributed by atoms with Gasteiger partial charge in [-0.1, -0.05) is 0 Å². The molecule has 0 aromatic carbocycles. The van der Waals surface area contributed by atoms with E-state index in [0.29, 0.717) is 0 Å². The van der Waals surface area contributed by atoms with Crippen LogP contribution in [-0.4, -0.2) is 31.6 Å². The molecule has 0 radical (unpaired) electrons. The van der Waals surface area contributed by atoms with Crippen molar-refractivity contribution in [3.05, 3.63) is 0 Å². The highest BCUT2D eigenvalue weighted by Crippen LogP contribution is 2.09. The number of likely N-dealkylation sites (tertiary alicyclic amines) is 1. The van der Waals surface area contributed by atoms with Crippen LogP contribution in [0.4, 0.5) is 0 Å². The highest BCUT2D eigenvalue weighted by molar-refractivity contribution is 4.77. The first-order chi connectivity index (χ1) is 3.83. The van der Waals surface area contributed by atoms with E-state index >= 15 is 0 Å². The van der Waals surface area contributed by atoms with Crippen molar-refractivity contribution in [3.8, 4) is 0 Å². The summed E-state index contributed by atoms with van der Waals surface area (Å²) in [4.78, 5) is 2.28. The minimum absolute atomic E-state index is 0.796. The number of nitrogens with one attached hydrogen (secondary N) is 1. The Kier molecular flexibility index (Phi) is 1.83. The largest absolute Gasteiger partial charge is 0.306 e. The molecule has 1 aliphatic rings. The first-order valence-corrected chi connectivity index (χ1v) is 2.95. The fourth-order valence-electron chi connectivity index (χ4n) is 1.12. The van der Waals surface area contributed by atoms with E-state index in [-0.39, 0.29) is 0 Å². The van der Waals surface area contributed by atoms with Crippen LogP contribution in [0.3, 0.4) is 0 Å². The number of hydrogen-bond donors (Lipinski definition) is 2. The summed E-state index contributed by atoms with van der Waals surface area (Å²) in [5.41, 5.74) is 2.66. The molecule has 3 nitrogen and oxygen atoms in total. The minimum Gasteiger partial charge on any atom is -0.306 e. The van der Waals surface area contributed by atoms with E-state index in [4.69, 9.17) is 5.84 Å². The van der Waals surface area contributed by atoms with Crippen molar-refractivity contribution in [3.63, 3.8) is 0 Å². The molecule has 0 spiro atoms. The predicted molar refractivity (Wildman–Crippen MR) is 33.2 cm³/mol. The van der Waals surface area contributed by atoms with Crippen molar-refractivity contribution in [1.82, 2.24) is 10.3 Å². The van der Waals surface area contributed by atoms with Gasteiger partial charge in [0.1, 0.15) is 0 Å². The van der Waals surface area contributed by atoms with Crippen LogP contribution in [0.15, 0.2) is 0 Å². The third kappa shape index (κ3) is 1.18. The van der Waals surface area contributed by atoms with E-state index in [9.17, 15) is 0 Å². The lowest BCUT2D eigenvalue weighted by Gasteiger charge is -2.35. The Morgan fingerprint density at radius 1 is 1.75 bits per heavy atom. The lowest BCUT2D eigenvalue weighted by Crippen LogP contribution is -2.49. The van der Waals surface area contributed by atoms with Gasteiger partial charge < -0.3 is 4.90 Å². The molecule has 1 fully saturated rings. The number of rotatable bonds is 2. The van der Waals surface area contributed by atoms with Gasteiger partial charge in [0.05, 0.1) is 0 Å². The molecule has 1 rings (SSSR count). The van der Waals surface area contributed by atoms with Gasteiger partial charge in [-0.3, -0.25) is 11.3 Å². The Balaban J connectivity index is 1.98. The zero-order valence-electron chi connectivity index (χ0n) is 5.22. The van der Waals surface area contributed by atoms with Crippen LogP contribution in [0.1, 0.15) is 0 Å². The Hall–Kier alpha value is -0.120. The second-order valence-corrected chi connectivity index (χ2v) is 2.50. The molecular weight excluding hydrogens is 102 g/mol. The number of hydrazine groups is 1. The molecule has 3 N–H and O–H groups in total. The summed E-state index contributed by atoms with van der Waals surface area (Å²) in [7, 11) is 2.12. The second-order valence-electron chi connectivity index (χ2n) is 2.50. The van der Waals surface area contributed by atoms with Crippen molar-refractivity contribution in [2.75, 3.05) is 26.7 Å². The van der Waals surface area contributed by atoms with Crippen molar-refractivity contribution >= 4 is 0 Å². The third-order valence-electron chi connectivity index (χ3n) is 1.55. The average Bonchev–Trinajstić information content (AvgIpc) is 1.64. The van der Waals surface area contributed by atoms with Gasteiger partial charge in [-0.05, 0) is 13.0 Å². The summed E-state index contributed by atoms with van der Waals surface area (Å²) < 4.78 is 0. The molecule has 1 heterocycles. The van der Waals surface area contributed by atoms with Crippen molar-refractivity contribution in [2.24, 2.45) is 11.8 Å². The van der Waals surface area contributed by atoms with Crippen molar-refractivity contribution in [2.45, 2.75) is 0 Å². The Bertz CT molecular complexity index is 65.3. The number of hydrogen-bond acceptors (Lipinski definition) is 3. The second kappa shape index (κ2) is 2.44. The van der Waals surface area contributed by atoms with Gasteiger partial charge >= 0.3 is 0 Å².